The number of aliphatic carboxylic acids is 1. The second kappa shape index (κ2) is 7.17. The first-order valence-electron chi connectivity index (χ1n) is 8.04. The maximum Gasteiger partial charge on any atom is 0.323 e. The van der Waals surface area contributed by atoms with E-state index in [9.17, 15) is 14.7 Å². The Morgan fingerprint density at radius 3 is 2.81 bits per heavy atom. The number of benzene rings is 1. The van der Waals surface area contributed by atoms with Gasteiger partial charge in [0.2, 0.25) is 0 Å². The first kappa shape index (κ1) is 18.5. The van der Waals surface area contributed by atoms with Gasteiger partial charge in [-0.05, 0) is 25.0 Å². The van der Waals surface area contributed by atoms with Crippen molar-refractivity contribution in [2.45, 2.75) is 19.9 Å². The van der Waals surface area contributed by atoms with Crippen molar-refractivity contribution in [2.75, 3.05) is 18.4 Å². The van der Waals surface area contributed by atoms with Gasteiger partial charge in [-0.1, -0.05) is 35.3 Å². The molecule has 1 fully saturated rings. The van der Waals surface area contributed by atoms with Gasteiger partial charge in [-0.15, -0.1) is 0 Å². The van der Waals surface area contributed by atoms with Gasteiger partial charge in [0.25, 0.3) is 0 Å². The van der Waals surface area contributed by atoms with Gasteiger partial charge in [0.05, 0.1) is 28.2 Å². The molecule has 0 radical (unpaired) electrons. The molecule has 1 atom stereocenters. The molecule has 1 saturated heterocycles. The number of halogens is 2. The van der Waals surface area contributed by atoms with Crippen LogP contribution in [-0.4, -0.2) is 44.9 Å². The molecule has 1 aliphatic rings. The largest absolute Gasteiger partial charge is 0.481 e. The lowest BCUT2D eigenvalue weighted by atomic mass is 9.90. The number of anilines is 1. The molecule has 1 aromatic carbocycles. The molecule has 0 spiro atoms. The Morgan fingerprint density at radius 2 is 2.12 bits per heavy atom. The van der Waals surface area contributed by atoms with Crippen molar-refractivity contribution in [3.8, 4) is 0 Å². The molecule has 2 N–H and O–H groups in total. The molecule has 3 rings (SSSR count). The van der Waals surface area contributed by atoms with Crippen LogP contribution in [0.1, 0.15) is 18.9 Å². The third-order valence-corrected chi connectivity index (χ3v) is 5.44. The molecule has 138 valence electrons. The third-order valence-electron chi connectivity index (χ3n) is 4.58. The summed E-state index contributed by atoms with van der Waals surface area (Å²) in [5.74, 6) is -0.400. The van der Waals surface area contributed by atoms with E-state index in [1.807, 2.05) is 6.07 Å². The van der Waals surface area contributed by atoms with E-state index in [2.05, 4.69) is 10.4 Å². The second-order valence-corrected chi connectivity index (χ2v) is 7.34. The minimum atomic E-state index is -0.911. The van der Waals surface area contributed by atoms with E-state index >= 15 is 0 Å². The number of carbonyl (C=O) groups is 2. The molecule has 1 aromatic heterocycles. The van der Waals surface area contributed by atoms with Crippen molar-refractivity contribution < 1.29 is 14.7 Å². The van der Waals surface area contributed by atoms with Gasteiger partial charge in [-0.25, -0.2) is 9.48 Å². The highest BCUT2D eigenvalue weighted by atomic mass is 35.5. The summed E-state index contributed by atoms with van der Waals surface area (Å²) in [5.41, 5.74) is -0.135. The number of likely N-dealkylation sites (tertiary alicyclic amines) is 1. The number of carbonyl (C=O) groups excluding carboxylic acids is 1. The molecule has 0 bridgehead atoms. The van der Waals surface area contributed by atoms with Gasteiger partial charge < -0.3 is 10.0 Å². The summed E-state index contributed by atoms with van der Waals surface area (Å²) in [6.07, 6.45) is 1.99. The summed E-state index contributed by atoms with van der Waals surface area (Å²) in [7, 11) is 0. The third kappa shape index (κ3) is 3.64. The summed E-state index contributed by atoms with van der Waals surface area (Å²) in [6.45, 7) is 2.55. The second-order valence-electron chi connectivity index (χ2n) is 6.55. The Labute approximate surface area is 160 Å². The van der Waals surface area contributed by atoms with E-state index in [4.69, 9.17) is 23.2 Å². The Bertz CT molecular complexity index is 854. The highest BCUT2D eigenvalue weighted by Gasteiger charge is 2.42. The topological polar surface area (TPSA) is 87.5 Å². The fraction of sp³-hybridized carbons (Fsp3) is 0.353. The zero-order valence-electron chi connectivity index (χ0n) is 14.1. The number of carboxylic acids is 1. The smallest absolute Gasteiger partial charge is 0.323 e. The van der Waals surface area contributed by atoms with Crippen molar-refractivity contribution >= 4 is 41.0 Å². The summed E-state index contributed by atoms with van der Waals surface area (Å²) in [5, 5.41) is 17.2. The molecular weight excluding hydrogens is 379 g/mol. The maximum atomic E-state index is 12.5. The first-order valence-corrected chi connectivity index (χ1v) is 8.80. The van der Waals surface area contributed by atoms with Crippen LogP contribution in [0.5, 0.6) is 0 Å². The van der Waals surface area contributed by atoms with Crippen LogP contribution in [-0.2, 0) is 11.3 Å². The van der Waals surface area contributed by atoms with Gasteiger partial charge in [-0.2, -0.15) is 5.10 Å². The van der Waals surface area contributed by atoms with Crippen molar-refractivity contribution in [3.63, 3.8) is 0 Å². The molecule has 1 aliphatic heterocycles. The van der Waals surface area contributed by atoms with E-state index in [0.717, 1.165) is 5.56 Å². The molecular formula is C17H18Cl2N4O3. The number of aromatic nitrogens is 2. The van der Waals surface area contributed by atoms with Crippen molar-refractivity contribution in [3.05, 3.63) is 46.1 Å². The summed E-state index contributed by atoms with van der Waals surface area (Å²) in [6, 6.07) is 6.64. The Hall–Kier alpha value is -2.25. The van der Waals surface area contributed by atoms with Crippen molar-refractivity contribution in [1.82, 2.24) is 14.7 Å². The molecule has 2 amide bonds. The number of amides is 2. The zero-order valence-corrected chi connectivity index (χ0v) is 15.6. The predicted octanol–water partition coefficient (Wildman–Crippen LogP) is 3.57. The van der Waals surface area contributed by atoms with Gasteiger partial charge >= 0.3 is 12.0 Å². The molecule has 26 heavy (non-hydrogen) atoms. The quantitative estimate of drug-likeness (QED) is 0.826. The van der Waals surface area contributed by atoms with Crippen LogP contribution in [0, 0.1) is 5.41 Å². The molecule has 2 heterocycles. The number of hydrogen-bond acceptors (Lipinski definition) is 3. The summed E-state index contributed by atoms with van der Waals surface area (Å²) in [4.78, 5) is 25.3. The number of nitrogens with one attached hydrogen (secondary N) is 1. The van der Waals surface area contributed by atoms with Crippen LogP contribution in [0.4, 0.5) is 10.6 Å². The monoisotopic (exact) mass is 396 g/mol. The minimum absolute atomic E-state index is 0.169. The van der Waals surface area contributed by atoms with Gasteiger partial charge in [-0.3, -0.25) is 10.1 Å². The normalized spacial score (nSPS) is 19.6. The van der Waals surface area contributed by atoms with Crippen molar-refractivity contribution in [2.24, 2.45) is 5.41 Å². The number of urea groups is 1. The average molecular weight is 397 g/mol. The lowest BCUT2D eigenvalue weighted by molar-refractivity contribution is -0.146. The molecule has 2 aromatic rings. The lowest BCUT2D eigenvalue weighted by Gasteiger charge is -2.20. The molecule has 7 nitrogen and oxygen atoms in total. The van der Waals surface area contributed by atoms with Gasteiger partial charge in [0, 0.05) is 19.2 Å². The lowest BCUT2D eigenvalue weighted by Crippen LogP contribution is -2.37. The van der Waals surface area contributed by atoms with Crippen LogP contribution >= 0.6 is 23.2 Å². The zero-order chi connectivity index (χ0) is 18.9. The average Bonchev–Trinajstić information content (AvgIpc) is 3.20. The molecule has 0 saturated carbocycles. The van der Waals surface area contributed by atoms with Gasteiger partial charge in [0.15, 0.2) is 0 Å². The number of carboxylic acid groups (broad SMARTS) is 1. The fourth-order valence-corrected chi connectivity index (χ4v) is 3.27. The Kier molecular flexibility index (Phi) is 5.11. The standard InChI is InChI=1S/C17H18Cl2N4O3/c1-17(15(24)25)6-8-22(10-17)16(26)21-13-5-7-20-23(13)9-11-3-2-4-12(18)14(11)19/h2-5,7H,6,8-10H2,1H3,(H,21,26)(H,24,25). The van der Waals surface area contributed by atoms with E-state index in [1.54, 1.807) is 36.0 Å². The van der Waals surface area contributed by atoms with Crippen molar-refractivity contribution in [1.29, 1.82) is 0 Å². The molecule has 9 heteroatoms. The molecule has 1 unspecified atom stereocenters. The van der Waals surface area contributed by atoms with E-state index < -0.39 is 11.4 Å². The summed E-state index contributed by atoms with van der Waals surface area (Å²) < 4.78 is 1.60. The van der Waals surface area contributed by atoms with Crippen LogP contribution in [0.15, 0.2) is 30.5 Å². The van der Waals surface area contributed by atoms with E-state index in [-0.39, 0.29) is 12.6 Å². The SMILES string of the molecule is CC1(C(=O)O)CCN(C(=O)Nc2ccnn2Cc2cccc(Cl)c2Cl)C1. The Morgan fingerprint density at radius 1 is 1.35 bits per heavy atom. The maximum absolute atomic E-state index is 12.5. The summed E-state index contributed by atoms with van der Waals surface area (Å²) >= 11 is 12.2. The van der Waals surface area contributed by atoms with E-state index in [1.165, 1.54) is 4.90 Å². The van der Waals surface area contributed by atoms with Gasteiger partial charge in [0.1, 0.15) is 5.82 Å². The predicted molar refractivity (Wildman–Crippen MR) is 98.7 cm³/mol. The van der Waals surface area contributed by atoms with Crippen LogP contribution < -0.4 is 5.32 Å². The highest BCUT2D eigenvalue weighted by Crippen LogP contribution is 2.31. The highest BCUT2D eigenvalue weighted by molar-refractivity contribution is 6.42. The minimum Gasteiger partial charge on any atom is -0.481 e. The van der Waals surface area contributed by atoms with E-state index in [0.29, 0.717) is 35.4 Å². The molecule has 0 aliphatic carbocycles. The van der Waals surface area contributed by atoms with Crippen LogP contribution in [0.3, 0.4) is 0 Å². The number of rotatable bonds is 4. The Balaban J connectivity index is 1.70. The van der Waals surface area contributed by atoms with Crippen LogP contribution in [0.2, 0.25) is 10.0 Å². The number of hydrogen-bond donors (Lipinski definition) is 2. The number of nitrogens with zero attached hydrogens (tertiary/aromatic N) is 3. The fourth-order valence-electron chi connectivity index (χ4n) is 2.89. The van der Waals surface area contributed by atoms with Crippen LogP contribution in [0.25, 0.3) is 0 Å². The first-order chi connectivity index (χ1) is 12.3.